The Morgan fingerprint density at radius 2 is 1.72 bits per heavy atom. The van der Waals surface area contributed by atoms with Gasteiger partial charge in [-0.1, -0.05) is 53.0 Å². The average Bonchev–Trinajstić information content (AvgIpc) is 3.07. The van der Waals surface area contributed by atoms with Gasteiger partial charge in [-0.15, -0.1) is 0 Å². The Bertz CT molecular complexity index is 856. The van der Waals surface area contributed by atoms with Gasteiger partial charge in [-0.25, -0.2) is 9.67 Å². The van der Waals surface area contributed by atoms with Gasteiger partial charge >= 0.3 is 0 Å². The van der Waals surface area contributed by atoms with E-state index in [2.05, 4.69) is 10.1 Å². The van der Waals surface area contributed by atoms with Crippen LogP contribution in [0.1, 0.15) is 17.2 Å². The SMILES string of the molecule is OC(c1ccc(Cl)cc1)C(O)(Cn1cncn1)c1ccc(Cl)cc1Cl. The maximum Gasteiger partial charge on any atom is 0.140 e. The lowest BCUT2D eigenvalue weighted by Gasteiger charge is -2.34. The molecule has 2 unspecified atom stereocenters. The third-order valence-electron chi connectivity index (χ3n) is 3.91. The van der Waals surface area contributed by atoms with Gasteiger partial charge in [-0.3, -0.25) is 0 Å². The Morgan fingerprint density at radius 1 is 1.04 bits per heavy atom. The van der Waals surface area contributed by atoms with E-state index in [9.17, 15) is 10.2 Å². The lowest BCUT2D eigenvalue weighted by molar-refractivity contribution is -0.0964. The van der Waals surface area contributed by atoms with E-state index < -0.39 is 11.7 Å². The molecule has 0 amide bonds. The van der Waals surface area contributed by atoms with Crippen molar-refractivity contribution in [1.29, 1.82) is 0 Å². The highest BCUT2D eigenvalue weighted by Crippen LogP contribution is 2.40. The fraction of sp³-hybridized carbons (Fsp3) is 0.176. The molecule has 3 rings (SSSR count). The van der Waals surface area contributed by atoms with Gasteiger partial charge in [-0.2, -0.15) is 5.10 Å². The van der Waals surface area contributed by atoms with Crippen molar-refractivity contribution in [3.63, 3.8) is 0 Å². The van der Waals surface area contributed by atoms with Gasteiger partial charge in [0.2, 0.25) is 0 Å². The van der Waals surface area contributed by atoms with Crippen LogP contribution in [0.5, 0.6) is 0 Å². The van der Waals surface area contributed by atoms with Crippen LogP contribution in [0.4, 0.5) is 0 Å². The Labute approximate surface area is 159 Å². The maximum atomic E-state index is 11.4. The van der Waals surface area contributed by atoms with Gasteiger partial charge in [0.25, 0.3) is 0 Å². The molecule has 2 aromatic carbocycles. The summed E-state index contributed by atoms with van der Waals surface area (Å²) in [4.78, 5) is 3.87. The van der Waals surface area contributed by atoms with Crippen LogP contribution < -0.4 is 0 Å². The van der Waals surface area contributed by atoms with Crippen LogP contribution in [0.15, 0.2) is 55.1 Å². The molecule has 3 aromatic rings. The largest absolute Gasteiger partial charge is 0.385 e. The Kier molecular flexibility index (Phi) is 5.32. The van der Waals surface area contributed by atoms with Crippen molar-refractivity contribution in [2.45, 2.75) is 18.2 Å². The number of hydrogen-bond donors (Lipinski definition) is 2. The third-order valence-corrected chi connectivity index (χ3v) is 4.71. The zero-order valence-corrected chi connectivity index (χ0v) is 15.1. The molecular formula is C17H14Cl3N3O2. The molecule has 0 aliphatic carbocycles. The Morgan fingerprint density at radius 3 is 2.32 bits per heavy atom. The van der Waals surface area contributed by atoms with Crippen molar-refractivity contribution >= 4 is 34.8 Å². The molecule has 1 aromatic heterocycles. The molecule has 0 fully saturated rings. The van der Waals surface area contributed by atoms with E-state index in [1.807, 2.05) is 0 Å². The Balaban J connectivity index is 2.09. The van der Waals surface area contributed by atoms with Crippen LogP contribution in [-0.4, -0.2) is 25.0 Å². The smallest absolute Gasteiger partial charge is 0.140 e. The zero-order valence-electron chi connectivity index (χ0n) is 12.9. The number of aliphatic hydroxyl groups is 2. The number of hydrogen-bond acceptors (Lipinski definition) is 4. The summed E-state index contributed by atoms with van der Waals surface area (Å²) in [5, 5.41) is 27.6. The second-order valence-corrected chi connectivity index (χ2v) is 6.88. The molecule has 0 saturated carbocycles. The second kappa shape index (κ2) is 7.32. The molecular weight excluding hydrogens is 385 g/mol. The first-order valence-electron chi connectivity index (χ1n) is 7.34. The lowest BCUT2D eigenvalue weighted by atomic mass is 9.84. The Hall–Kier alpha value is -1.63. The normalized spacial score (nSPS) is 14.9. The predicted octanol–water partition coefficient (Wildman–Crippen LogP) is 3.86. The van der Waals surface area contributed by atoms with E-state index in [0.29, 0.717) is 21.2 Å². The van der Waals surface area contributed by atoms with Crippen molar-refractivity contribution in [3.8, 4) is 0 Å². The van der Waals surface area contributed by atoms with E-state index in [1.54, 1.807) is 36.4 Å². The van der Waals surface area contributed by atoms with Crippen molar-refractivity contribution in [2.75, 3.05) is 0 Å². The van der Waals surface area contributed by atoms with E-state index in [0.717, 1.165) is 0 Å². The molecule has 0 aliphatic heterocycles. The molecule has 0 bridgehead atoms. The molecule has 0 saturated heterocycles. The standard InChI is InChI=1S/C17H14Cl3N3O2/c18-12-3-1-11(2-4-12)16(24)17(25,8-23-10-21-9-22-23)14-6-5-13(19)7-15(14)20/h1-7,9-10,16,24-25H,8H2. The minimum atomic E-state index is -1.76. The van der Waals surface area contributed by atoms with Crippen molar-refractivity contribution < 1.29 is 10.2 Å². The molecule has 1 heterocycles. The van der Waals surface area contributed by atoms with Gasteiger partial charge in [0.05, 0.1) is 6.54 Å². The predicted molar refractivity (Wildman–Crippen MR) is 96.8 cm³/mol. The van der Waals surface area contributed by atoms with Crippen molar-refractivity contribution in [1.82, 2.24) is 14.8 Å². The topological polar surface area (TPSA) is 71.2 Å². The molecule has 5 nitrogen and oxygen atoms in total. The number of nitrogens with zero attached hydrogens (tertiary/aromatic N) is 3. The van der Waals surface area contributed by atoms with Gasteiger partial charge < -0.3 is 10.2 Å². The van der Waals surface area contributed by atoms with E-state index in [-0.39, 0.29) is 11.6 Å². The van der Waals surface area contributed by atoms with Crippen LogP contribution in [0, 0.1) is 0 Å². The maximum absolute atomic E-state index is 11.4. The minimum Gasteiger partial charge on any atom is -0.385 e. The molecule has 2 N–H and O–H groups in total. The molecule has 25 heavy (non-hydrogen) atoms. The van der Waals surface area contributed by atoms with Gasteiger partial charge in [0.15, 0.2) is 0 Å². The summed E-state index contributed by atoms with van der Waals surface area (Å²) in [7, 11) is 0. The summed E-state index contributed by atoms with van der Waals surface area (Å²) in [5.41, 5.74) is -0.946. The second-order valence-electron chi connectivity index (χ2n) is 5.60. The van der Waals surface area contributed by atoms with Crippen molar-refractivity contribution in [3.05, 3.63) is 81.3 Å². The lowest BCUT2D eigenvalue weighted by Crippen LogP contribution is -2.38. The molecule has 2 atom stereocenters. The highest BCUT2D eigenvalue weighted by atomic mass is 35.5. The average molecular weight is 399 g/mol. The quantitative estimate of drug-likeness (QED) is 0.684. The van der Waals surface area contributed by atoms with E-state index in [4.69, 9.17) is 34.8 Å². The highest BCUT2D eigenvalue weighted by molar-refractivity contribution is 6.35. The summed E-state index contributed by atoms with van der Waals surface area (Å²) in [6.07, 6.45) is 1.51. The number of rotatable bonds is 5. The first-order valence-corrected chi connectivity index (χ1v) is 8.47. The minimum absolute atomic E-state index is 0.0574. The van der Waals surface area contributed by atoms with Crippen LogP contribution in [0.2, 0.25) is 15.1 Å². The fourth-order valence-corrected chi connectivity index (χ4v) is 3.34. The summed E-state index contributed by atoms with van der Waals surface area (Å²) >= 11 is 18.1. The summed E-state index contributed by atoms with van der Waals surface area (Å²) < 4.78 is 1.42. The number of aromatic nitrogens is 3. The highest BCUT2D eigenvalue weighted by Gasteiger charge is 2.41. The van der Waals surface area contributed by atoms with Crippen LogP contribution in [0.25, 0.3) is 0 Å². The first kappa shape index (κ1) is 18.2. The first-order chi connectivity index (χ1) is 11.9. The third kappa shape index (κ3) is 3.81. The van der Waals surface area contributed by atoms with Gasteiger partial charge in [0.1, 0.15) is 24.4 Å². The van der Waals surface area contributed by atoms with Crippen LogP contribution in [-0.2, 0) is 12.1 Å². The monoisotopic (exact) mass is 397 g/mol. The molecule has 8 heteroatoms. The van der Waals surface area contributed by atoms with E-state index in [1.165, 1.54) is 23.4 Å². The number of halogens is 3. The summed E-state index contributed by atoms with van der Waals surface area (Å²) in [6, 6.07) is 11.3. The zero-order chi connectivity index (χ0) is 18.0. The summed E-state index contributed by atoms with van der Waals surface area (Å²) in [5.74, 6) is 0. The molecule has 130 valence electrons. The van der Waals surface area contributed by atoms with E-state index >= 15 is 0 Å². The molecule has 0 spiro atoms. The molecule has 0 aliphatic rings. The van der Waals surface area contributed by atoms with Gasteiger partial charge in [-0.05, 0) is 29.8 Å². The van der Waals surface area contributed by atoms with Crippen LogP contribution in [0.3, 0.4) is 0 Å². The molecule has 0 radical (unpaired) electrons. The van der Waals surface area contributed by atoms with Gasteiger partial charge in [0, 0.05) is 20.6 Å². The van der Waals surface area contributed by atoms with Crippen LogP contribution >= 0.6 is 34.8 Å². The number of aliphatic hydroxyl groups excluding tert-OH is 1. The van der Waals surface area contributed by atoms with Crippen molar-refractivity contribution in [2.24, 2.45) is 0 Å². The fourth-order valence-electron chi connectivity index (χ4n) is 2.64. The summed E-state index contributed by atoms with van der Waals surface area (Å²) in [6.45, 7) is -0.0574. The number of benzene rings is 2.